The Morgan fingerprint density at radius 2 is 2.00 bits per heavy atom. The summed E-state index contributed by atoms with van der Waals surface area (Å²) in [6, 6.07) is 1.66. The van der Waals surface area contributed by atoms with E-state index in [0.29, 0.717) is 23.6 Å². The van der Waals surface area contributed by atoms with Crippen molar-refractivity contribution in [3.05, 3.63) is 6.07 Å². The highest BCUT2D eigenvalue weighted by Gasteiger charge is 2.24. The van der Waals surface area contributed by atoms with Crippen LogP contribution in [0.3, 0.4) is 0 Å². The van der Waals surface area contributed by atoms with Crippen molar-refractivity contribution in [2.24, 2.45) is 5.92 Å². The van der Waals surface area contributed by atoms with Crippen LogP contribution < -0.4 is 14.4 Å². The van der Waals surface area contributed by atoms with Crippen molar-refractivity contribution in [1.82, 2.24) is 9.97 Å². The first-order valence-electron chi connectivity index (χ1n) is 6.09. The van der Waals surface area contributed by atoms with Crippen LogP contribution in [0.15, 0.2) is 6.07 Å². The van der Waals surface area contributed by atoms with Crippen molar-refractivity contribution < 1.29 is 14.6 Å². The minimum atomic E-state index is 0.237. The number of aliphatic hydroxyl groups excluding tert-OH is 1. The van der Waals surface area contributed by atoms with E-state index in [0.717, 1.165) is 25.9 Å². The van der Waals surface area contributed by atoms with Crippen molar-refractivity contribution in [2.45, 2.75) is 12.8 Å². The molecule has 6 heteroatoms. The molecule has 0 radical (unpaired) electrons. The lowest BCUT2D eigenvalue weighted by molar-refractivity contribution is 0.263. The second-order valence-corrected chi connectivity index (χ2v) is 4.37. The number of hydrogen-bond donors (Lipinski definition) is 1. The molecule has 0 bridgehead atoms. The average Bonchev–Trinajstić information content (AvgIpc) is 2.87. The Morgan fingerprint density at radius 1 is 1.33 bits per heavy atom. The minimum absolute atomic E-state index is 0.237. The molecular formula is C12H19N3O3. The predicted octanol–water partition coefficient (Wildman–Crippen LogP) is 0.702. The summed E-state index contributed by atoms with van der Waals surface area (Å²) in [5, 5.41) is 8.96. The maximum atomic E-state index is 8.96. The van der Waals surface area contributed by atoms with Gasteiger partial charge >= 0.3 is 0 Å². The van der Waals surface area contributed by atoms with E-state index in [1.807, 2.05) is 0 Å². The maximum absolute atomic E-state index is 8.96. The lowest BCUT2D eigenvalue weighted by Crippen LogP contribution is -2.22. The zero-order valence-electron chi connectivity index (χ0n) is 10.8. The van der Waals surface area contributed by atoms with Crippen LogP contribution in [0, 0.1) is 5.92 Å². The Morgan fingerprint density at radius 3 is 2.56 bits per heavy atom. The SMILES string of the molecule is COc1cc(OC)nc(N2CCC(CCO)C2)n1. The van der Waals surface area contributed by atoms with E-state index < -0.39 is 0 Å². The van der Waals surface area contributed by atoms with Crippen LogP contribution in [0.2, 0.25) is 0 Å². The van der Waals surface area contributed by atoms with Crippen LogP contribution in [0.25, 0.3) is 0 Å². The van der Waals surface area contributed by atoms with Gasteiger partial charge < -0.3 is 19.5 Å². The van der Waals surface area contributed by atoms with E-state index in [1.165, 1.54) is 0 Å². The summed E-state index contributed by atoms with van der Waals surface area (Å²) < 4.78 is 10.3. The van der Waals surface area contributed by atoms with Gasteiger partial charge in [-0.15, -0.1) is 0 Å². The Kier molecular flexibility index (Phi) is 4.19. The molecule has 1 atom stereocenters. The van der Waals surface area contributed by atoms with Gasteiger partial charge in [0, 0.05) is 19.7 Å². The van der Waals surface area contributed by atoms with Gasteiger partial charge in [0.1, 0.15) is 0 Å². The molecule has 1 aromatic heterocycles. The fraction of sp³-hybridized carbons (Fsp3) is 0.667. The summed E-state index contributed by atoms with van der Waals surface area (Å²) in [6.45, 7) is 2.01. The summed E-state index contributed by atoms with van der Waals surface area (Å²) in [6.07, 6.45) is 1.89. The number of aliphatic hydroxyl groups is 1. The number of anilines is 1. The average molecular weight is 253 g/mol. The summed E-state index contributed by atoms with van der Waals surface area (Å²) in [5.74, 6) is 2.15. The third-order valence-electron chi connectivity index (χ3n) is 3.19. The van der Waals surface area contributed by atoms with Gasteiger partial charge in [0.2, 0.25) is 17.7 Å². The van der Waals surface area contributed by atoms with E-state index in [4.69, 9.17) is 14.6 Å². The van der Waals surface area contributed by atoms with Crippen LogP contribution >= 0.6 is 0 Å². The van der Waals surface area contributed by atoms with E-state index >= 15 is 0 Å². The van der Waals surface area contributed by atoms with Crippen molar-refractivity contribution in [3.63, 3.8) is 0 Å². The van der Waals surface area contributed by atoms with Crippen LogP contribution in [0.1, 0.15) is 12.8 Å². The number of aromatic nitrogens is 2. The Labute approximate surface area is 107 Å². The van der Waals surface area contributed by atoms with Gasteiger partial charge in [-0.2, -0.15) is 9.97 Å². The number of nitrogens with zero attached hydrogens (tertiary/aromatic N) is 3. The molecule has 0 amide bonds. The molecule has 100 valence electrons. The zero-order chi connectivity index (χ0) is 13.0. The summed E-state index contributed by atoms with van der Waals surface area (Å²) in [4.78, 5) is 10.8. The molecule has 0 saturated carbocycles. The molecule has 6 nitrogen and oxygen atoms in total. The number of hydrogen-bond acceptors (Lipinski definition) is 6. The molecular weight excluding hydrogens is 234 g/mol. The van der Waals surface area contributed by atoms with Gasteiger partial charge in [0.25, 0.3) is 0 Å². The molecule has 1 aromatic rings. The highest BCUT2D eigenvalue weighted by atomic mass is 16.5. The lowest BCUT2D eigenvalue weighted by Gasteiger charge is -2.17. The first-order valence-corrected chi connectivity index (χ1v) is 6.09. The Hall–Kier alpha value is -1.56. The number of ether oxygens (including phenoxy) is 2. The second-order valence-electron chi connectivity index (χ2n) is 4.37. The largest absolute Gasteiger partial charge is 0.481 e. The van der Waals surface area contributed by atoms with E-state index in [9.17, 15) is 0 Å². The first kappa shape index (κ1) is 12.9. The molecule has 2 rings (SSSR count). The Balaban J connectivity index is 2.13. The van der Waals surface area contributed by atoms with Gasteiger partial charge in [-0.1, -0.05) is 0 Å². The smallest absolute Gasteiger partial charge is 0.231 e. The quantitative estimate of drug-likeness (QED) is 0.833. The fourth-order valence-electron chi connectivity index (χ4n) is 2.18. The molecule has 1 fully saturated rings. The number of rotatable bonds is 5. The highest BCUT2D eigenvalue weighted by Crippen LogP contribution is 2.26. The molecule has 1 aliphatic rings. The lowest BCUT2D eigenvalue weighted by atomic mass is 10.1. The minimum Gasteiger partial charge on any atom is -0.481 e. The summed E-state index contributed by atoms with van der Waals surface area (Å²) in [7, 11) is 3.15. The van der Waals surface area contributed by atoms with Crippen LogP contribution in [-0.4, -0.2) is 49.0 Å². The third-order valence-corrected chi connectivity index (χ3v) is 3.19. The predicted molar refractivity (Wildman–Crippen MR) is 67.2 cm³/mol. The molecule has 0 aromatic carbocycles. The summed E-state index contributed by atoms with van der Waals surface area (Å²) >= 11 is 0. The molecule has 0 spiro atoms. The molecule has 1 N–H and O–H groups in total. The second kappa shape index (κ2) is 5.86. The summed E-state index contributed by atoms with van der Waals surface area (Å²) in [5.41, 5.74) is 0. The van der Waals surface area contributed by atoms with Crippen molar-refractivity contribution in [1.29, 1.82) is 0 Å². The first-order chi connectivity index (χ1) is 8.76. The van der Waals surface area contributed by atoms with E-state index in [-0.39, 0.29) is 6.61 Å². The van der Waals surface area contributed by atoms with Crippen LogP contribution in [0.5, 0.6) is 11.8 Å². The van der Waals surface area contributed by atoms with Gasteiger partial charge in [0.05, 0.1) is 20.3 Å². The maximum Gasteiger partial charge on any atom is 0.231 e. The molecule has 1 saturated heterocycles. The van der Waals surface area contributed by atoms with Crippen molar-refractivity contribution >= 4 is 5.95 Å². The molecule has 0 aliphatic carbocycles. The van der Waals surface area contributed by atoms with Gasteiger partial charge in [0.15, 0.2) is 0 Å². The van der Waals surface area contributed by atoms with Crippen molar-refractivity contribution in [2.75, 3.05) is 38.8 Å². The van der Waals surface area contributed by atoms with Gasteiger partial charge in [-0.25, -0.2) is 0 Å². The zero-order valence-corrected chi connectivity index (χ0v) is 10.8. The Bertz CT molecular complexity index is 378. The van der Waals surface area contributed by atoms with Crippen LogP contribution in [0.4, 0.5) is 5.95 Å². The topological polar surface area (TPSA) is 67.7 Å². The van der Waals surface area contributed by atoms with Crippen molar-refractivity contribution in [3.8, 4) is 11.8 Å². The van der Waals surface area contributed by atoms with E-state index in [1.54, 1.807) is 20.3 Å². The molecule has 1 unspecified atom stereocenters. The molecule has 2 heterocycles. The number of methoxy groups -OCH3 is 2. The fourth-order valence-corrected chi connectivity index (χ4v) is 2.18. The standard InChI is InChI=1S/C12H19N3O3/c1-17-10-7-11(18-2)14-12(13-10)15-5-3-9(8-15)4-6-16/h7,9,16H,3-6,8H2,1-2H3. The highest BCUT2D eigenvalue weighted by molar-refractivity contribution is 5.37. The molecule has 1 aliphatic heterocycles. The molecule has 18 heavy (non-hydrogen) atoms. The monoisotopic (exact) mass is 253 g/mol. The third kappa shape index (κ3) is 2.81. The van der Waals surface area contributed by atoms with E-state index in [2.05, 4.69) is 14.9 Å². The van der Waals surface area contributed by atoms with Gasteiger partial charge in [-0.3, -0.25) is 0 Å². The van der Waals surface area contributed by atoms with Gasteiger partial charge in [-0.05, 0) is 18.8 Å². The normalized spacial score (nSPS) is 19.1. The van der Waals surface area contributed by atoms with Crippen LogP contribution in [-0.2, 0) is 0 Å².